The predicted molar refractivity (Wildman–Crippen MR) is 120 cm³/mol. The SMILES string of the molecule is CS(=O)(=O)c1ccc(OCc2csc(C3CCN(C(=O)Oc4cccnc4)CC3)n2)cc1. The molecule has 168 valence electrons. The number of thiazole rings is 1. The first-order chi connectivity index (χ1) is 15.4. The first-order valence-corrected chi connectivity index (χ1v) is 12.9. The number of sulfone groups is 1. The van der Waals surface area contributed by atoms with Crippen LogP contribution in [0.3, 0.4) is 0 Å². The van der Waals surface area contributed by atoms with Crippen LogP contribution in [0.25, 0.3) is 0 Å². The number of rotatable bonds is 6. The Kier molecular flexibility index (Phi) is 6.71. The molecule has 0 spiro atoms. The summed E-state index contributed by atoms with van der Waals surface area (Å²) in [6.07, 6.45) is 5.61. The number of likely N-dealkylation sites (tertiary alicyclic amines) is 1. The third-order valence-corrected chi connectivity index (χ3v) is 7.33. The summed E-state index contributed by atoms with van der Waals surface area (Å²) in [6, 6.07) is 9.78. The molecule has 4 rings (SSSR count). The largest absolute Gasteiger partial charge is 0.487 e. The third kappa shape index (κ3) is 5.63. The molecule has 0 N–H and O–H groups in total. The zero-order valence-electron chi connectivity index (χ0n) is 17.5. The molecule has 1 amide bonds. The van der Waals surface area contributed by atoms with Crippen molar-refractivity contribution in [3.8, 4) is 11.5 Å². The van der Waals surface area contributed by atoms with Crippen molar-refractivity contribution in [2.45, 2.75) is 30.3 Å². The molecule has 0 radical (unpaired) electrons. The number of hydrogen-bond acceptors (Lipinski definition) is 8. The highest BCUT2D eigenvalue weighted by molar-refractivity contribution is 7.90. The Bertz CT molecular complexity index is 1160. The van der Waals surface area contributed by atoms with E-state index in [4.69, 9.17) is 14.5 Å². The Morgan fingerprint density at radius 3 is 2.56 bits per heavy atom. The lowest BCUT2D eigenvalue weighted by Crippen LogP contribution is -2.39. The van der Waals surface area contributed by atoms with E-state index in [0.29, 0.717) is 37.1 Å². The number of aromatic nitrogens is 2. The van der Waals surface area contributed by atoms with Crippen molar-refractivity contribution < 1.29 is 22.7 Å². The van der Waals surface area contributed by atoms with E-state index in [1.807, 2.05) is 5.38 Å². The minimum absolute atomic E-state index is 0.261. The van der Waals surface area contributed by atoms with Crippen molar-refractivity contribution in [1.82, 2.24) is 14.9 Å². The molecular formula is C22H23N3O5S2. The van der Waals surface area contributed by atoms with Gasteiger partial charge in [-0.3, -0.25) is 4.98 Å². The molecular weight excluding hydrogens is 450 g/mol. The van der Waals surface area contributed by atoms with Crippen molar-refractivity contribution in [2.24, 2.45) is 0 Å². The van der Waals surface area contributed by atoms with E-state index in [2.05, 4.69) is 4.98 Å². The lowest BCUT2D eigenvalue weighted by atomic mass is 9.98. The van der Waals surface area contributed by atoms with Crippen LogP contribution < -0.4 is 9.47 Å². The summed E-state index contributed by atoms with van der Waals surface area (Å²) in [4.78, 5) is 22.9. The fraction of sp³-hybridized carbons (Fsp3) is 0.318. The van der Waals surface area contributed by atoms with Gasteiger partial charge in [-0.05, 0) is 49.2 Å². The van der Waals surface area contributed by atoms with Gasteiger partial charge in [0.1, 0.15) is 12.4 Å². The number of carbonyl (C=O) groups is 1. The summed E-state index contributed by atoms with van der Waals surface area (Å²) >= 11 is 1.60. The molecule has 10 heteroatoms. The molecule has 1 fully saturated rings. The van der Waals surface area contributed by atoms with Gasteiger partial charge in [0.2, 0.25) is 0 Å². The molecule has 8 nitrogen and oxygen atoms in total. The van der Waals surface area contributed by atoms with E-state index in [1.165, 1.54) is 24.6 Å². The topological polar surface area (TPSA) is 98.7 Å². The standard InChI is InChI=1S/C22H23N3O5S2/c1-32(27,28)20-6-4-18(5-7-20)29-14-17-15-31-21(24-17)16-8-11-25(12-9-16)22(26)30-19-3-2-10-23-13-19/h2-7,10,13,15-16H,8-9,11-12,14H2,1H3. The highest BCUT2D eigenvalue weighted by Gasteiger charge is 2.27. The van der Waals surface area contributed by atoms with Gasteiger partial charge in [0, 0.05) is 36.8 Å². The van der Waals surface area contributed by atoms with Gasteiger partial charge in [0.25, 0.3) is 0 Å². The number of pyridine rings is 1. The molecule has 1 aromatic carbocycles. The Balaban J connectivity index is 1.27. The fourth-order valence-electron chi connectivity index (χ4n) is 3.40. The average Bonchev–Trinajstić information content (AvgIpc) is 3.27. The summed E-state index contributed by atoms with van der Waals surface area (Å²) in [6.45, 7) is 1.54. The minimum Gasteiger partial charge on any atom is -0.487 e. The lowest BCUT2D eigenvalue weighted by molar-refractivity contribution is 0.138. The van der Waals surface area contributed by atoms with Crippen LogP contribution in [0.1, 0.15) is 29.5 Å². The molecule has 0 bridgehead atoms. The third-order valence-electron chi connectivity index (χ3n) is 5.15. The average molecular weight is 474 g/mol. The number of carbonyl (C=O) groups excluding carboxylic acids is 1. The molecule has 1 aliphatic heterocycles. The smallest absolute Gasteiger partial charge is 0.415 e. The Labute approximate surface area is 190 Å². The molecule has 0 saturated carbocycles. The lowest BCUT2D eigenvalue weighted by Gasteiger charge is -2.30. The van der Waals surface area contributed by atoms with Crippen LogP contribution in [0.15, 0.2) is 59.1 Å². The second-order valence-electron chi connectivity index (χ2n) is 7.53. The number of benzene rings is 1. The van der Waals surface area contributed by atoms with E-state index in [1.54, 1.807) is 46.7 Å². The first kappa shape index (κ1) is 22.2. The van der Waals surface area contributed by atoms with Gasteiger partial charge in [0.05, 0.1) is 21.8 Å². The maximum absolute atomic E-state index is 12.3. The maximum Gasteiger partial charge on any atom is 0.415 e. The van der Waals surface area contributed by atoms with Crippen molar-refractivity contribution >= 4 is 27.3 Å². The Morgan fingerprint density at radius 2 is 1.91 bits per heavy atom. The van der Waals surface area contributed by atoms with Crippen LogP contribution in [0, 0.1) is 0 Å². The molecule has 32 heavy (non-hydrogen) atoms. The van der Waals surface area contributed by atoms with Gasteiger partial charge >= 0.3 is 6.09 Å². The van der Waals surface area contributed by atoms with E-state index in [9.17, 15) is 13.2 Å². The van der Waals surface area contributed by atoms with E-state index < -0.39 is 9.84 Å². The highest BCUT2D eigenvalue weighted by atomic mass is 32.2. The van der Waals surface area contributed by atoms with E-state index in [0.717, 1.165) is 23.5 Å². The molecule has 0 unspecified atom stereocenters. The second kappa shape index (κ2) is 9.66. The van der Waals surface area contributed by atoms with Crippen LogP contribution >= 0.6 is 11.3 Å². The summed E-state index contributed by atoms with van der Waals surface area (Å²) in [5, 5.41) is 3.01. The Hall–Kier alpha value is -2.98. The van der Waals surface area contributed by atoms with Crippen molar-refractivity contribution in [1.29, 1.82) is 0 Å². The highest BCUT2D eigenvalue weighted by Crippen LogP contribution is 2.31. The second-order valence-corrected chi connectivity index (χ2v) is 10.4. The first-order valence-electron chi connectivity index (χ1n) is 10.1. The molecule has 2 aromatic heterocycles. The Morgan fingerprint density at radius 1 is 1.16 bits per heavy atom. The van der Waals surface area contributed by atoms with Crippen LogP contribution in [-0.4, -0.2) is 48.7 Å². The summed E-state index contributed by atoms with van der Waals surface area (Å²) < 4.78 is 34.2. The molecule has 0 aliphatic carbocycles. The predicted octanol–water partition coefficient (Wildman–Crippen LogP) is 3.90. The van der Waals surface area contributed by atoms with Gasteiger partial charge in [-0.1, -0.05) is 0 Å². The zero-order chi connectivity index (χ0) is 22.6. The van der Waals surface area contributed by atoms with Gasteiger partial charge < -0.3 is 14.4 Å². The van der Waals surface area contributed by atoms with Crippen molar-refractivity contribution in [2.75, 3.05) is 19.3 Å². The van der Waals surface area contributed by atoms with Crippen LogP contribution in [0.2, 0.25) is 0 Å². The molecule has 1 saturated heterocycles. The summed E-state index contributed by atoms with van der Waals surface area (Å²) in [5.74, 6) is 1.33. The quantitative estimate of drug-likeness (QED) is 0.535. The molecule has 1 aliphatic rings. The van der Waals surface area contributed by atoms with Gasteiger partial charge in [0.15, 0.2) is 15.6 Å². The number of amides is 1. The summed E-state index contributed by atoms with van der Waals surface area (Å²) in [5.41, 5.74) is 0.829. The van der Waals surface area contributed by atoms with Gasteiger partial charge in [-0.15, -0.1) is 11.3 Å². The van der Waals surface area contributed by atoms with E-state index >= 15 is 0 Å². The normalized spacial score (nSPS) is 14.8. The molecule has 0 atom stereocenters. The van der Waals surface area contributed by atoms with Crippen molar-refractivity contribution in [3.05, 3.63) is 64.9 Å². The zero-order valence-corrected chi connectivity index (χ0v) is 19.1. The van der Waals surface area contributed by atoms with Gasteiger partial charge in [-0.2, -0.15) is 0 Å². The van der Waals surface area contributed by atoms with Gasteiger partial charge in [-0.25, -0.2) is 18.2 Å². The monoisotopic (exact) mass is 473 g/mol. The minimum atomic E-state index is -3.22. The summed E-state index contributed by atoms with van der Waals surface area (Å²) in [7, 11) is -3.22. The number of nitrogens with zero attached hydrogens (tertiary/aromatic N) is 3. The number of hydrogen-bond donors (Lipinski definition) is 0. The van der Waals surface area contributed by atoms with Crippen molar-refractivity contribution in [3.63, 3.8) is 0 Å². The van der Waals surface area contributed by atoms with E-state index in [-0.39, 0.29) is 11.0 Å². The number of ether oxygens (including phenoxy) is 2. The van der Waals surface area contributed by atoms with Crippen LogP contribution in [-0.2, 0) is 16.4 Å². The van der Waals surface area contributed by atoms with Crippen LogP contribution in [0.4, 0.5) is 4.79 Å². The molecule has 3 aromatic rings. The maximum atomic E-state index is 12.3. The number of piperidine rings is 1. The fourth-order valence-corrected chi connectivity index (χ4v) is 5.00. The van der Waals surface area contributed by atoms with Crippen LogP contribution in [0.5, 0.6) is 11.5 Å². The molecule has 3 heterocycles.